The maximum atomic E-state index is 12.7. The van der Waals surface area contributed by atoms with Gasteiger partial charge in [0.05, 0.1) is 19.0 Å². The fourth-order valence-corrected chi connectivity index (χ4v) is 3.17. The molecule has 0 aliphatic carbocycles. The fraction of sp³-hybridized carbons (Fsp3) is 0.450. The van der Waals surface area contributed by atoms with E-state index in [0.29, 0.717) is 11.3 Å². The highest BCUT2D eigenvalue weighted by molar-refractivity contribution is 7.98. The molecule has 0 saturated heterocycles. The maximum absolute atomic E-state index is 12.7. The van der Waals surface area contributed by atoms with E-state index >= 15 is 0 Å². The Morgan fingerprint density at radius 2 is 1.67 bits per heavy atom. The SMILES string of the molecule is CSCCC(NC(=O)CNC(=O)C(Cc1ccc(O)cc1)NC(=O)C(N)CC(N)=O)C(=O)O. The molecule has 0 bridgehead atoms. The summed E-state index contributed by atoms with van der Waals surface area (Å²) in [5.41, 5.74) is 11.3. The van der Waals surface area contributed by atoms with Crippen LogP contribution < -0.4 is 27.4 Å². The third kappa shape index (κ3) is 10.7. The first-order valence-electron chi connectivity index (χ1n) is 9.94. The summed E-state index contributed by atoms with van der Waals surface area (Å²) in [7, 11) is 0. The highest BCUT2D eigenvalue weighted by atomic mass is 32.2. The first-order chi connectivity index (χ1) is 15.5. The minimum Gasteiger partial charge on any atom is -0.508 e. The number of phenolic OH excluding ortho intramolecular Hbond substituents is 1. The van der Waals surface area contributed by atoms with Gasteiger partial charge < -0.3 is 37.6 Å². The number of phenols is 1. The van der Waals surface area contributed by atoms with Gasteiger partial charge in [0.25, 0.3) is 0 Å². The van der Waals surface area contributed by atoms with Crippen molar-refractivity contribution < 1.29 is 34.2 Å². The monoisotopic (exact) mass is 483 g/mol. The van der Waals surface area contributed by atoms with Gasteiger partial charge in [0.2, 0.25) is 23.6 Å². The van der Waals surface area contributed by atoms with Gasteiger partial charge in [0, 0.05) is 6.42 Å². The summed E-state index contributed by atoms with van der Waals surface area (Å²) in [6, 6.07) is 2.36. The summed E-state index contributed by atoms with van der Waals surface area (Å²) in [5, 5.41) is 25.7. The average molecular weight is 484 g/mol. The largest absolute Gasteiger partial charge is 0.508 e. The van der Waals surface area contributed by atoms with Crippen molar-refractivity contribution in [2.24, 2.45) is 11.5 Å². The lowest BCUT2D eigenvalue weighted by atomic mass is 10.0. The van der Waals surface area contributed by atoms with Crippen LogP contribution in [0.3, 0.4) is 0 Å². The van der Waals surface area contributed by atoms with Crippen LogP contribution >= 0.6 is 11.8 Å². The molecular formula is C20H29N5O7S. The number of thioether (sulfide) groups is 1. The van der Waals surface area contributed by atoms with E-state index in [4.69, 9.17) is 11.5 Å². The molecule has 0 radical (unpaired) electrons. The molecule has 12 nitrogen and oxygen atoms in total. The summed E-state index contributed by atoms with van der Waals surface area (Å²) in [4.78, 5) is 59.3. The Morgan fingerprint density at radius 1 is 1.03 bits per heavy atom. The number of primary amides is 1. The first kappa shape index (κ1) is 27.7. The number of carboxylic acid groups (broad SMARTS) is 1. The second-order valence-corrected chi connectivity index (χ2v) is 8.15. The number of carbonyl (C=O) groups is 5. The molecule has 0 saturated carbocycles. The zero-order valence-electron chi connectivity index (χ0n) is 18.1. The molecule has 13 heteroatoms. The number of amides is 4. The van der Waals surface area contributed by atoms with Crippen LogP contribution in [0.5, 0.6) is 5.75 Å². The Bertz CT molecular complexity index is 850. The Morgan fingerprint density at radius 3 is 2.21 bits per heavy atom. The van der Waals surface area contributed by atoms with Crippen LogP contribution in [-0.2, 0) is 30.4 Å². The lowest BCUT2D eigenvalue weighted by molar-refractivity contribution is -0.141. The molecule has 1 aromatic rings. The molecule has 3 unspecified atom stereocenters. The van der Waals surface area contributed by atoms with Crippen LogP contribution in [0.15, 0.2) is 24.3 Å². The molecule has 182 valence electrons. The second kappa shape index (κ2) is 14.0. The predicted octanol–water partition coefficient (Wildman–Crippen LogP) is -1.94. The molecule has 1 aromatic carbocycles. The number of aromatic hydroxyl groups is 1. The van der Waals surface area contributed by atoms with Gasteiger partial charge in [-0.1, -0.05) is 12.1 Å². The quantitative estimate of drug-likeness (QED) is 0.156. The van der Waals surface area contributed by atoms with Crippen molar-refractivity contribution in [3.8, 4) is 5.75 Å². The van der Waals surface area contributed by atoms with E-state index < -0.39 is 60.7 Å². The topological polar surface area (TPSA) is 214 Å². The molecule has 3 atom stereocenters. The van der Waals surface area contributed by atoms with Gasteiger partial charge in [-0.3, -0.25) is 19.2 Å². The number of rotatable bonds is 14. The van der Waals surface area contributed by atoms with E-state index in [1.54, 1.807) is 18.4 Å². The molecule has 0 heterocycles. The van der Waals surface area contributed by atoms with E-state index in [0.717, 1.165) is 0 Å². The molecule has 1 rings (SSSR count). The normalized spacial score (nSPS) is 13.3. The average Bonchev–Trinajstić information content (AvgIpc) is 2.75. The number of carboxylic acids is 1. The molecule has 0 fully saturated rings. The molecule has 0 aliphatic rings. The highest BCUT2D eigenvalue weighted by Gasteiger charge is 2.26. The van der Waals surface area contributed by atoms with Gasteiger partial charge in [-0.15, -0.1) is 0 Å². The van der Waals surface area contributed by atoms with Crippen molar-refractivity contribution >= 4 is 41.4 Å². The van der Waals surface area contributed by atoms with Gasteiger partial charge in [0.1, 0.15) is 17.8 Å². The number of aliphatic carboxylic acids is 1. The minimum atomic E-state index is -1.27. The summed E-state index contributed by atoms with van der Waals surface area (Å²) < 4.78 is 0. The summed E-state index contributed by atoms with van der Waals surface area (Å²) in [5.74, 6) is -3.67. The van der Waals surface area contributed by atoms with Crippen molar-refractivity contribution in [2.75, 3.05) is 18.6 Å². The molecule has 9 N–H and O–H groups in total. The van der Waals surface area contributed by atoms with E-state index in [1.807, 2.05) is 0 Å². The van der Waals surface area contributed by atoms with E-state index in [9.17, 15) is 34.2 Å². The maximum Gasteiger partial charge on any atom is 0.326 e. The van der Waals surface area contributed by atoms with E-state index in [-0.39, 0.29) is 18.6 Å². The minimum absolute atomic E-state index is 0.00572. The third-order valence-corrected chi connectivity index (χ3v) is 5.08. The number of hydrogen-bond donors (Lipinski definition) is 7. The van der Waals surface area contributed by atoms with Gasteiger partial charge in [-0.2, -0.15) is 11.8 Å². The van der Waals surface area contributed by atoms with Crippen LogP contribution in [0.2, 0.25) is 0 Å². The molecule has 0 aromatic heterocycles. The number of benzene rings is 1. The Labute approximate surface area is 194 Å². The highest BCUT2D eigenvalue weighted by Crippen LogP contribution is 2.11. The molecule has 0 spiro atoms. The smallest absolute Gasteiger partial charge is 0.326 e. The zero-order valence-corrected chi connectivity index (χ0v) is 18.9. The van der Waals surface area contributed by atoms with E-state index in [1.165, 1.54) is 23.9 Å². The van der Waals surface area contributed by atoms with Crippen LogP contribution in [0.25, 0.3) is 0 Å². The van der Waals surface area contributed by atoms with Gasteiger partial charge in [0.15, 0.2) is 0 Å². The summed E-state index contributed by atoms with van der Waals surface area (Å²) >= 11 is 1.43. The van der Waals surface area contributed by atoms with Gasteiger partial charge >= 0.3 is 5.97 Å². The first-order valence-corrected chi connectivity index (χ1v) is 11.3. The second-order valence-electron chi connectivity index (χ2n) is 7.17. The zero-order chi connectivity index (χ0) is 25.0. The van der Waals surface area contributed by atoms with E-state index in [2.05, 4.69) is 16.0 Å². The van der Waals surface area contributed by atoms with Crippen LogP contribution in [0.4, 0.5) is 0 Å². The third-order valence-electron chi connectivity index (χ3n) is 4.43. The van der Waals surface area contributed by atoms with Gasteiger partial charge in [-0.05, 0) is 36.1 Å². The lowest BCUT2D eigenvalue weighted by Gasteiger charge is -2.21. The molecule has 0 aliphatic heterocycles. The molecule has 33 heavy (non-hydrogen) atoms. The summed E-state index contributed by atoms with van der Waals surface area (Å²) in [6.07, 6.45) is 1.59. The fourth-order valence-electron chi connectivity index (χ4n) is 2.69. The molecular weight excluding hydrogens is 454 g/mol. The Hall–Kier alpha value is -3.32. The number of hydrogen-bond acceptors (Lipinski definition) is 8. The van der Waals surface area contributed by atoms with Crippen LogP contribution in [0.1, 0.15) is 18.4 Å². The van der Waals surface area contributed by atoms with Crippen molar-refractivity contribution in [3.63, 3.8) is 0 Å². The van der Waals surface area contributed by atoms with Gasteiger partial charge in [-0.25, -0.2) is 4.79 Å². The lowest BCUT2D eigenvalue weighted by Crippen LogP contribution is -2.54. The molecule has 4 amide bonds. The summed E-state index contributed by atoms with van der Waals surface area (Å²) in [6.45, 7) is -0.517. The van der Waals surface area contributed by atoms with Crippen LogP contribution in [-0.4, -0.2) is 76.5 Å². The number of nitrogens with one attached hydrogen (secondary N) is 3. The number of carbonyl (C=O) groups excluding carboxylic acids is 4. The Balaban J connectivity index is 2.82. The number of nitrogens with two attached hydrogens (primary N) is 2. The Kier molecular flexibility index (Phi) is 11.7. The predicted molar refractivity (Wildman–Crippen MR) is 121 cm³/mol. The van der Waals surface area contributed by atoms with Crippen molar-refractivity contribution in [3.05, 3.63) is 29.8 Å². The van der Waals surface area contributed by atoms with Crippen molar-refractivity contribution in [1.82, 2.24) is 16.0 Å². The van der Waals surface area contributed by atoms with Crippen LogP contribution in [0, 0.1) is 0 Å². The standard InChI is InChI=1S/C20H29N5O7S/c1-33-7-6-14(20(31)32)24-17(28)10-23-19(30)15(8-11-2-4-12(26)5-3-11)25-18(29)13(21)9-16(22)27/h2-5,13-15,26H,6-10,21H2,1H3,(H2,22,27)(H,23,30)(H,24,28)(H,25,29)(H,31,32). The van der Waals surface area contributed by atoms with Crippen molar-refractivity contribution in [2.45, 2.75) is 37.4 Å². The van der Waals surface area contributed by atoms with Crippen molar-refractivity contribution in [1.29, 1.82) is 0 Å².